The molecule has 0 aromatic carbocycles. The molecule has 0 fully saturated rings. The van der Waals surface area contributed by atoms with Crippen LogP contribution in [0.5, 0.6) is 0 Å². The van der Waals surface area contributed by atoms with Crippen molar-refractivity contribution in [3.8, 4) is 0 Å². The van der Waals surface area contributed by atoms with Crippen molar-refractivity contribution in [3.63, 3.8) is 0 Å². The van der Waals surface area contributed by atoms with Crippen LogP contribution in [0.15, 0.2) is 15.7 Å². The number of hydrogen-bond acceptors (Lipinski definition) is 3. The van der Waals surface area contributed by atoms with Gasteiger partial charge in [-0.05, 0) is 0 Å². The first-order chi connectivity index (χ1) is 6.49. The van der Waals surface area contributed by atoms with Gasteiger partial charge in [-0.25, -0.2) is 4.79 Å². The summed E-state index contributed by atoms with van der Waals surface area (Å²) in [6.07, 6.45) is 0. The number of aromatic nitrogens is 2. The molecule has 5 heteroatoms. The Morgan fingerprint density at radius 1 is 1.36 bits per heavy atom. The summed E-state index contributed by atoms with van der Waals surface area (Å²) in [6.45, 7) is 2.30. The molecule has 1 aromatic heterocycles. The highest BCUT2D eigenvalue weighted by molar-refractivity contribution is 5.08. The number of hydrogen-bond donors (Lipinski definition) is 1. The fourth-order valence-electron chi connectivity index (χ4n) is 1.34. The first kappa shape index (κ1) is 10.7. The zero-order valence-corrected chi connectivity index (χ0v) is 8.65. The van der Waals surface area contributed by atoms with E-state index in [1.165, 1.54) is 17.7 Å². The van der Waals surface area contributed by atoms with Crippen LogP contribution in [-0.2, 0) is 14.1 Å². The smallest absolute Gasteiger partial charge is 0.330 e. The SMILES string of the molecule is CC(CN)c1cc(=O)n(C)c(=O)n1C. The molecule has 0 amide bonds. The molecule has 0 spiro atoms. The van der Waals surface area contributed by atoms with Gasteiger partial charge >= 0.3 is 5.69 Å². The van der Waals surface area contributed by atoms with Crippen molar-refractivity contribution in [1.82, 2.24) is 9.13 Å². The van der Waals surface area contributed by atoms with E-state index < -0.39 is 0 Å². The molecule has 1 rings (SSSR count). The van der Waals surface area contributed by atoms with Gasteiger partial charge in [0, 0.05) is 38.3 Å². The van der Waals surface area contributed by atoms with Gasteiger partial charge in [-0.1, -0.05) is 6.92 Å². The lowest BCUT2D eigenvalue weighted by atomic mass is 10.1. The largest absolute Gasteiger partial charge is 0.330 e. The van der Waals surface area contributed by atoms with Gasteiger partial charge in [0.15, 0.2) is 0 Å². The predicted octanol–water partition coefficient (Wildman–Crippen LogP) is -0.854. The first-order valence-corrected chi connectivity index (χ1v) is 4.46. The van der Waals surface area contributed by atoms with Crippen molar-refractivity contribution < 1.29 is 0 Å². The molecule has 14 heavy (non-hydrogen) atoms. The van der Waals surface area contributed by atoms with Gasteiger partial charge < -0.3 is 10.3 Å². The van der Waals surface area contributed by atoms with Crippen molar-refractivity contribution in [2.24, 2.45) is 19.8 Å². The average molecular weight is 197 g/mol. The summed E-state index contributed by atoms with van der Waals surface area (Å²) < 4.78 is 2.53. The molecule has 1 aromatic rings. The maximum atomic E-state index is 11.5. The second kappa shape index (κ2) is 3.79. The summed E-state index contributed by atoms with van der Waals surface area (Å²) in [6, 6.07) is 1.46. The van der Waals surface area contributed by atoms with Crippen molar-refractivity contribution >= 4 is 0 Å². The number of nitrogens with two attached hydrogens (primary N) is 1. The third kappa shape index (κ3) is 1.63. The van der Waals surface area contributed by atoms with E-state index in [9.17, 15) is 9.59 Å². The van der Waals surface area contributed by atoms with E-state index in [2.05, 4.69) is 0 Å². The van der Waals surface area contributed by atoms with Crippen LogP contribution in [0.2, 0.25) is 0 Å². The number of nitrogens with zero attached hydrogens (tertiary/aromatic N) is 2. The molecule has 0 bridgehead atoms. The standard InChI is InChI=1S/C9H15N3O2/c1-6(5-10)7-4-8(13)12(3)9(14)11(7)2/h4,6H,5,10H2,1-3H3. The molecule has 0 saturated heterocycles. The second-order valence-corrected chi connectivity index (χ2v) is 3.44. The van der Waals surface area contributed by atoms with Crippen LogP contribution < -0.4 is 17.0 Å². The van der Waals surface area contributed by atoms with Gasteiger partial charge in [0.1, 0.15) is 0 Å². The summed E-state index contributed by atoms with van der Waals surface area (Å²) in [5.41, 5.74) is 5.57. The Morgan fingerprint density at radius 3 is 2.43 bits per heavy atom. The summed E-state index contributed by atoms with van der Waals surface area (Å²) in [4.78, 5) is 22.9. The molecule has 0 aliphatic carbocycles. The molecule has 2 N–H and O–H groups in total. The van der Waals surface area contributed by atoms with Gasteiger partial charge in [0.2, 0.25) is 0 Å². The van der Waals surface area contributed by atoms with Crippen LogP contribution in [0.1, 0.15) is 18.5 Å². The van der Waals surface area contributed by atoms with Crippen LogP contribution in [-0.4, -0.2) is 15.7 Å². The van der Waals surface area contributed by atoms with Gasteiger partial charge in [-0.2, -0.15) is 0 Å². The zero-order chi connectivity index (χ0) is 10.9. The molecular formula is C9H15N3O2. The van der Waals surface area contributed by atoms with Gasteiger partial charge in [0.05, 0.1) is 0 Å². The highest BCUT2D eigenvalue weighted by atomic mass is 16.2. The third-order valence-electron chi connectivity index (χ3n) is 2.42. The highest BCUT2D eigenvalue weighted by Gasteiger charge is 2.10. The fourth-order valence-corrected chi connectivity index (χ4v) is 1.34. The highest BCUT2D eigenvalue weighted by Crippen LogP contribution is 2.07. The minimum Gasteiger partial charge on any atom is -0.330 e. The normalized spacial score (nSPS) is 12.9. The lowest BCUT2D eigenvalue weighted by Gasteiger charge is -2.13. The maximum Gasteiger partial charge on any atom is 0.330 e. The van der Waals surface area contributed by atoms with E-state index >= 15 is 0 Å². The quantitative estimate of drug-likeness (QED) is 0.671. The molecule has 5 nitrogen and oxygen atoms in total. The van der Waals surface area contributed by atoms with Gasteiger partial charge in [0.25, 0.3) is 5.56 Å². The minimum absolute atomic E-state index is 0.0154. The summed E-state index contributed by atoms with van der Waals surface area (Å²) >= 11 is 0. The fraction of sp³-hybridized carbons (Fsp3) is 0.556. The molecule has 1 atom stereocenters. The van der Waals surface area contributed by atoms with Crippen molar-refractivity contribution in [2.75, 3.05) is 6.54 Å². The minimum atomic E-state index is -0.312. The molecular weight excluding hydrogens is 182 g/mol. The Morgan fingerprint density at radius 2 is 1.93 bits per heavy atom. The topological polar surface area (TPSA) is 70.0 Å². The predicted molar refractivity (Wildman–Crippen MR) is 54.4 cm³/mol. The average Bonchev–Trinajstić information content (AvgIpc) is 2.19. The Bertz CT molecular complexity index is 444. The molecule has 78 valence electrons. The lowest BCUT2D eigenvalue weighted by molar-refractivity contribution is 0.608. The molecule has 0 saturated carbocycles. The zero-order valence-electron chi connectivity index (χ0n) is 8.65. The number of rotatable bonds is 2. The molecule has 1 unspecified atom stereocenters. The van der Waals surface area contributed by atoms with Crippen molar-refractivity contribution in [1.29, 1.82) is 0 Å². The Labute approximate surface area is 81.8 Å². The maximum absolute atomic E-state index is 11.5. The van der Waals surface area contributed by atoms with Crippen molar-refractivity contribution in [3.05, 3.63) is 32.6 Å². The molecule has 1 heterocycles. The lowest BCUT2D eigenvalue weighted by Crippen LogP contribution is -2.39. The second-order valence-electron chi connectivity index (χ2n) is 3.44. The van der Waals surface area contributed by atoms with E-state index in [1.54, 1.807) is 7.05 Å². The van der Waals surface area contributed by atoms with Crippen LogP contribution in [0.3, 0.4) is 0 Å². The van der Waals surface area contributed by atoms with Gasteiger partial charge in [-0.3, -0.25) is 9.36 Å². The summed E-state index contributed by atoms with van der Waals surface area (Å²) in [7, 11) is 3.10. The van der Waals surface area contributed by atoms with E-state index in [0.717, 1.165) is 4.57 Å². The van der Waals surface area contributed by atoms with E-state index in [-0.39, 0.29) is 17.2 Å². The Balaban J connectivity index is 3.49. The van der Waals surface area contributed by atoms with E-state index in [4.69, 9.17) is 5.73 Å². The third-order valence-corrected chi connectivity index (χ3v) is 2.42. The summed E-state index contributed by atoms with van der Waals surface area (Å²) in [5, 5.41) is 0. The Kier molecular flexibility index (Phi) is 2.90. The molecule has 0 aliphatic heterocycles. The van der Waals surface area contributed by atoms with Crippen molar-refractivity contribution in [2.45, 2.75) is 12.8 Å². The summed E-state index contributed by atoms with van der Waals surface area (Å²) in [5.74, 6) is 0.0154. The van der Waals surface area contributed by atoms with Crippen LogP contribution in [0.25, 0.3) is 0 Å². The van der Waals surface area contributed by atoms with Crippen LogP contribution in [0, 0.1) is 0 Å². The van der Waals surface area contributed by atoms with Gasteiger partial charge in [-0.15, -0.1) is 0 Å². The van der Waals surface area contributed by atoms with Crippen LogP contribution >= 0.6 is 0 Å². The molecule has 0 aliphatic rings. The first-order valence-electron chi connectivity index (χ1n) is 4.46. The monoisotopic (exact) mass is 197 g/mol. The van der Waals surface area contributed by atoms with E-state index in [1.807, 2.05) is 6.92 Å². The van der Waals surface area contributed by atoms with E-state index in [0.29, 0.717) is 12.2 Å². The van der Waals surface area contributed by atoms with Crippen LogP contribution in [0.4, 0.5) is 0 Å². The molecule has 0 radical (unpaired) electrons. The Hall–Kier alpha value is -1.36.